The van der Waals surface area contributed by atoms with Crippen LogP contribution in [0.25, 0.3) is 0 Å². The van der Waals surface area contributed by atoms with E-state index in [1.807, 2.05) is 0 Å². The fourth-order valence-electron chi connectivity index (χ4n) is 6.58. The first-order valence-corrected chi connectivity index (χ1v) is 13.1. The van der Waals surface area contributed by atoms with Crippen molar-refractivity contribution < 1.29 is 18.0 Å². The summed E-state index contributed by atoms with van der Waals surface area (Å²) in [5.41, 5.74) is 0.985. The molecule has 0 radical (unpaired) electrons. The topological polar surface area (TPSA) is 42.1 Å². The maximum atomic E-state index is 15.1. The molecule has 4 fully saturated rings. The first-order chi connectivity index (χ1) is 16.7. The predicted molar refractivity (Wildman–Crippen MR) is 130 cm³/mol. The molecule has 0 bridgehead atoms. The maximum Gasteiger partial charge on any atom is 0.317 e. The first kappa shape index (κ1) is 24.7. The van der Waals surface area contributed by atoms with Crippen molar-refractivity contribution in [1.82, 2.24) is 20.0 Å². The fraction of sp³-hybridized carbons (Fsp3) is 0.731. The Labute approximate surface area is 206 Å². The monoisotopic (exact) mass is 493 g/mol. The number of alkyl halides is 2. The first-order valence-electron chi connectivity index (χ1n) is 13.1. The standard InChI is InChI=1S/C26H38F3N5O/c1-18(2)31-10-12-32(13-11-31)23-4-3-9-26(28,29)24(23)30-25(35)34-16-19-14-33(15-20(19)17-34)22-7-5-21(27)6-8-22/h5-8,18-20,23-24H,3-4,9-17H2,1-2H3,(H,30,35)/t19-,20+,23-,24+/m0/s1. The Bertz CT molecular complexity index is 875. The molecule has 1 aromatic rings. The number of carbonyl (C=O) groups excluding carboxylic acids is 1. The van der Waals surface area contributed by atoms with Crippen LogP contribution in [0.15, 0.2) is 24.3 Å². The number of halogens is 3. The SMILES string of the molecule is CC(C)N1CCN([C@H]2CCCC(F)(F)[C@@H]2NC(=O)N2C[C@@H]3CN(c4ccc(F)cc4)C[C@@H]3C2)CC1. The second-order valence-corrected chi connectivity index (χ2v) is 11.1. The number of rotatable bonds is 4. The molecule has 4 aliphatic rings. The number of nitrogens with one attached hydrogen (secondary N) is 1. The van der Waals surface area contributed by atoms with Gasteiger partial charge in [0.05, 0.1) is 0 Å². The number of benzene rings is 1. The summed E-state index contributed by atoms with van der Waals surface area (Å²) in [5, 5.41) is 2.80. The predicted octanol–water partition coefficient (Wildman–Crippen LogP) is 3.49. The number of anilines is 1. The minimum atomic E-state index is -2.90. The smallest absolute Gasteiger partial charge is 0.317 e. The summed E-state index contributed by atoms with van der Waals surface area (Å²) in [6, 6.07) is 5.12. The van der Waals surface area contributed by atoms with E-state index in [2.05, 4.69) is 33.9 Å². The van der Waals surface area contributed by atoms with Gasteiger partial charge in [-0.25, -0.2) is 18.0 Å². The van der Waals surface area contributed by atoms with Crippen molar-refractivity contribution in [3.63, 3.8) is 0 Å². The van der Waals surface area contributed by atoms with Crippen LogP contribution in [-0.2, 0) is 0 Å². The van der Waals surface area contributed by atoms with Gasteiger partial charge in [0.25, 0.3) is 5.92 Å². The molecule has 4 atom stereocenters. The molecule has 6 nitrogen and oxygen atoms in total. The van der Waals surface area contributed by atoms with Crippen LogP contribution in [0.3, 0.4) is 0 Å². The van der Waals surface area contributed by atoms with Crippen LogP contribution >= 0.6 is 0 Å². The summed E-state index contributed by atoms with van der Waals surface area (Å²) in [5.74, 6) is -2.55. The number of nitrogens with zero attached hydrogens (tertiary/aromatic N) is 4. The van der Waals surface area contributed by atoms with Gasteiger partial charge in [0.2, 0.25) is 0 Å². The van der Waals surface area contributed by atoms with Crippen LogP contribution in [-0.4, -0.2) is 97.1 Å². The summed E-state index contributed by atoms with van der Waals surface area (Å²) in [4.78, 5) is 21.7. The van der Waals surface area contributed by atoms with Crippen LogP contribution in [0.4, 0.5) is 23.7 Å². The summed E-state index contributed by atoms with van der Waals surface area (Å²) >= 11 is 0. The number of carbonyl (C=O) groups is 1. The quantitative estimate of drug-likeness (QED) is 0.698. The van der Waals surface area contributed by atoms with Crippen LogP contribution in [0.1, 0.15) is 33.1 Å². The van der Waals surface area contributed by atoms with Crippen molar-refractivity contribution in [2.24, 2.45) is 11.8 Å². The number of hydrogen-bond donors (Lipinski definition) is 1. The Morgan fingerprint density at radius 3 is 2.23 bits per heavy atom. The average molecular weight is 494 g/mol. The van der Waals surface area contributed by atoms with E-state index in [-0.39, 0.29) is 24.3 Å². The molecule has 3 aliphatic heterocycles. The van der Waals surface area contributed by atoms with E-state index in [0.29, 0.717) is 43.8 Å². The summed E-state index contributed by atoms with van der Waals surface area (Å²) < 4.78 is 43.5. The van der Waals surface area contributed by atoms with E-state index < -0.39 is 12.0 Å². The van der Waals surface area contributed by atoms with Gasteiger partial charge in [-0.1, -0.05) is 0 Å². The lowest BCUT2D eigenvalue weighted by atomic mass is 9.85. The average Bonchev–Trinajstić information content (AvgIpc) is 3.40. The number of amides is 2. The van der Waals surface area contributed by atoms with Crippen LogP contribution in [0, 0.1) is 17.7 Å². The molecule has 35 heavy (non-hydrogen) atoms. The molecule has 1 N–H and O–H groups in total. The lowest BCUT2D eigenvalue weighted by Crippen LogP contribution is -2.65. The zero-order chi connectivity index (χ0) is 24.7. The minimum Gasteiger partial charge on any atom is -0.371 e. The van der Waals surface area contributed by atoms with Crippen molar-refractivity contribution in [2.75, 3.05) is 57.3 Å². The van der Waals surface area contributed by atoms with E-state index in [1.54, 1.807) is 17.0 Å². The third kappa shape index (κ3) is 5.12. The van der Waals surface area contributed by atoms with Crippen LogP contribution in [0.2, 0.25) is 0 Å². The van der Waals surface area contributed by atoms with Gasteiger partial charge in [0.15, 0.2) is 0 Å². The number of fused-ring (bicyclic) bond motifs is 1. The Morgan fingerprint density at radius 2 is 1.63 bits per heavy atom. The van der Waals surface area contributed by atoms with Crippen LogP contribution in [0.5, 0.6) is 0 Å². The largest absolute Gasteiger partial charge is 0.371 e. The summed E-state index contributed by atoms with van der Waals surface area (Å²) in [6.07, 6.45) is 1.01. The Morgan fingerprint density at radius 1 is 1.00 bits per heavy atom. The Balaban J connectivity index is 1.19. The van der Waals surface area contributed by atoms with Gasteiger partial charge < -0.3 is 15.1 Å². The zero-order valence-corrected chi connectivity index (χ0v) is 20.8. The molecule has 1 aliphatic carbocycles. The van der Waals surface area contributed by atoms with E-state index >= 15 is 8.78 Å². The van der Waals surface area contributed by atoms with Crippen molar-refractivity contribution in [3.8, 4) is 0 Å². The maximum absolute atomic E-state index is 15.1. The summed E-state index contributed by atoms with van der Waals surface area (Å²) in [7, 11) is 0. The van der Waals surface area contributed by atoms with E-state index in [0.717, 1.165) is 45.0 Å². The highest BCUT2D eigenvalue weighted by atomic mass is 19.3. The molecule has 1 aromatic carbocycles. The molecular weight excluding hydrogens is 455 g/mol. The van der Waals surface area contributed by atoms with Crippen molar-refractivity contribution in [2.45, 2.75) is 57.2 Å². The van der Waals surface area contributed by atoms with Gasteiger partial charge in [-0.15, -0.1) is 0 Å². The molecule has 3 saturated heterocycles. The number of urea groups is 1. The fourth-order valence-corrected chi connectivity index (χ4v) is 6.58. The van der Waals surface area contributed by atoms with E-state index in [9.17, 15) is 9.18 Å². The van der Waals surface area contributed by atoms with E-state index in [1.165, 1.54) is 12.1 Å². The van der Waals surface area contributed by atoms with Gasteiger partial charge in [-0.2, -0.15) is 0 Å². The zero-order valence-electron chi connectivity index (χ0n) is 20.8. The number of likely N-dealkylation sites (tertiary alicyclic amines) is 1. The molecule has 1 saturated carbocycles. The molecule has 194 valence electrons. The molecule has 2 amide bonds. The lowest BCUT2D eigenvalue weighted by molar-refractivity contribution is -0.0971. The Kier molecular flexibility index (Phi) is 6.92. The van der Waals surface area contributed by atoms with Gasteiger partial charge in [0, 0.05) is 88.4 Å². The third-order valence-corrected chi connectivity index (χ3v) is 8.64. The van der Waals surface area contributed by atoms with Crippen LogP contribution < -0.4 is 10.2 Å². The molecule has 0 spiro atoms. The van der Waals surface area contributed by atoms with E-state index in [4.69, 9.17) is 0 Å². The minimum absolute atomic E-state index is 0.168. The molecule has 0 aromatic heterocycles. The molecule has 5 rings (SSSR count). The van der Waals surface area contributed by atoms with Gasteiger partial charge in [-0.3, -0.25) is 9.80 Å². The van der Waals surface area contributed by atoms with Crippen molar-refractivity contribution in [3.05, 3.63) is 30.1 Å². The molecule has 9 heteroatoms. The third-order valence-electron chi connectivity index (χ3n) is 8.64. The van der Waals surface area contributed by atoms with Gasteiger partial charge in [0.1, 0.15) is 11.9 Å². The van der Waals surface area contributed by atoms with Gasteiger partial charge in [-0.05, 0) is 51.0 Å². The molecule has 0 unspecified atom stereocenters. The highest BCUT2D eigenvalue weighted by Gasteiger charge is 2.51. The second-order valence-electron chi connectivity index (χ2n) is 11.1. The van der Waals surface area contributed by atoms with Crippen molar-refractivity contribution in [1.29, 1.82) is 0 Å². The second kappa shape index (κ2) is 9.81. The van der Waals surface area contributed by atoms with Crippen molar-refractivity contribution >= 4 is 11.7 Å². The lowest BCUT2D eigenvalue weighted by Gasteiger charge is -2.47. The Hall–Kier alpha value is -2.00. The molecule has 3 heterocycles. The number of piperazine rings is 1. The van der Waals surface area contributed by atoms with Gasteiger partial charge >= 0.3 is 6.03 Å². The normalized spacial score (nSPS) is 31.7. The highest BCUT2D eigenvalue weighted by Crippen LogP contribution is 2.38. The molecular formula is C26H38F3N5O. The number of hydrogen-bond acceptors (Lipinski definition) is 4. The highest BCUT2D eigenvalue weighted by molar-refractivity contribution is 5.75. The summed E-state index contributed by atoms with van der Waals surface area (Å²) in [6.45, 7) is 10.3.